The zero-order valence-corrected chi connectivity index (χ0v) is 19.7. The van der Waals surface area contributed by atoms with Crippen molar-refractivity contribution in [2.75, 3.05) is 6.54 Å². The van der Waals surface area contributed by atoms with Crippen molar-refractivity contribution >= 4 is 23.7 Å². The van der Waals surface area contributed by atoms with E-state index in [-0.39, 0.29) is 29.7 Å². The van der Waals surface area contributed by atoms with Gasteiger partial charge in [0.05, 0.1) is 6.04 Å². The molecule has 1 fully saturated rings. The van der Waals surface area contributed by atoms with E-state index in [0.717, 1.165) is 19.4 Å². The van der Waals surface area contributed by atoms with Crippen molar-refractivity contribution in [1.29, 1.82) is 0 Å². The van der Waals surface area contributed by atoms with Crippen molar-refractivity contribution in [3.63, 3.8) is 0 Å². The van der Waals surface area contributed by atoms with Crippen LogP contribution in [-0.4, -0.2) is 59.5 Å². The van der Waals surface area contributed by atoms with Crippen molar-refractivity contribution < 1.29 is 24.3 Å². The summed E-state index contributed by atoms with van der Waals surface area (Å²) >= 11 is 0. The molecule has 4 atom stereocenters. The van der Waals surface area contributed by atoms with Crippen LogP contribution < -0.4 is 21.3 Å². The Bertz CT molecular complexity index is 629. The molecule has 5 N–H and O–H groups in total. The summed E-state index contributed by atoms with van der Waals surface area (Å²) in [5, 5.41) is 20.6. The molecule has 178 valence electrons. The molecule has 0 saturated carbocycles. The van der Waals surface area contributed by atoms with Crippen LogP contribution in [0.1, 0.15) is 67.2 Å². The second-order valence-electron chi connectivity index (χ2n) is 9.60. The van der Waals surface area contributed by atoms with Gasteiger partial charge >= 0.3 is 5.97 Å². The van der Waals surface area contributed by atoms with Gasteiger partial charge in [-0.1, -0.05) is 41.5 Å². The van der Waals surface area contributed by atoms with Crippen LogP contribution >= 0.6 is 0 Å². The van der Waals surface area contributed by atoms with Crippen molar-refractivity contribution in [3.8, 4) is 0 Å². The van der Waals surface area contributed by atoms with Gasteiger partial charge in [0.1, 0.15) is 18.1 Å². The van der Waals surface area contributed by atoms with E-state index < -0.39 is 35.9 Å². The maximum atomic E-state index is 13.0. The Morgan fingerprint density at radius 3 is 1.87 bits per heavy atom. The smallest absolute Gasteiger partial charge is 0.326 e. The molecule has 0 aliphatic carbocycles. The molecule has 0 aromatic rings. The van der Waals surface area contributed by atoms with E-state index in [0.29, 0.717) is 12.8 Å². The normalized spacial score (nSPS) is 19.2. The molecule has 1 aliphatic heterocycles. The summed E-state index contributed by atoms with van der Waals surface area (Å²) in [5.41, 5.74) is 0. The summed E-state index contributed by atoms with van der Waals surface area (Å²) in [7, 11) is 0. The molecule has 31 heavy (non-hydrogen) atoms. The van der Waals surface area contributed by atoms with Crippen molar-refractivity contribution in [2.45, 2.75) is 91.4 Å². The maximum absolute atomic E-state index is 13.0. The second kappa shape index (κ2) is 12.6. The third kappa shape index (κ3) is 9.25. The van der Waals surface area contributed by atoms with Crippen LogP contribution in [0.25, 0.3) is 0 Å². The van der Waals surface area contributed by atoms with Gasteiger partial charge in [-0.05, 0) is 50.0 Å². The molecule has 0 radical (unpaired) electrons. The van der Waals surface area contributed by atoms with Crippen molar-refractivity contribution in [1.82, 2.24) is 21.3 Å². The zero-order chi connectivity index (χ0) is 23.7. The summed E-state index contributed by atoms with van der Waals surface area (Å²) in [6.07, 6.45) is 2.29. The molecular formula is C22H40N4O5. The Balaban J connectivity index is 2.88. The first-order chi connectivity index (χ1) is 14.4. The number of hydrogen-bond donors (Lipinski definition) is 5. The highest BCUT2D eigenvalue weighted by Gasteiger charge is 2.33. The van der Waals surface area contributed by atoms with E-state index in [9.17, 15) is 24.3 Å². The number of carboxylic acid groups (broad SMARTS) is 1. The van der Waals surface area contributed by atoms with E-state index in [4.69, 9.17) is 0 Å². The minimum absolute atomic E-state index is 0.0873. The first kappa shape index (κ1) is 26.9. The predicted molar refractivity (Wildman–Crippen MR) is 118 cm³/mol. The summed E-state index contributed by atoms with van der Waals surface area (Å²) in [4.78, 5) is 49.8. The lowest BCUT2D eigenvalue weighted by atomic mass is 9.98. The SMILES string of the molecule is CC(C)CC(NC(=O)C(CC(C)C)NC(=O)C(NC(=O)C1CCCN1)C(C)C)C(=O)O. The number of amides is 3. The standard InChI is InChI=1S/C22H40N4O5/c1-12(2)10-16(20(28)25-17(22(30)31)11-13(3)4)24-21(29)18(14(5)6)26-19(27)15-8-7-9-23-15/h12-18,23H,7-11H2,1-6H3,(H,24,29)(H,25,28)(H,26,27)(H,30,31). The molecular weight excluding hydrogens is 400 g/mol. The van der Waals surface area contributed by atoms with Crippen molar-refractivity contribution in [3.05, 3.63) is 0 Å². The lowest BCUT2D eigenvalue weighted by Gasteiger charge is -2.28. The lowest BCUT2D eigenvalue weighted by Crippen LogP contribution is -2.58. The fourth-order valence-electron chi connectivity index (χ4n) is 3.63. The molecule has 1 aliphatic rings. The highest BCUT2D eigenvalue weighted by atomic mass is 16.4. The number of aliphatic carboxylic acids is 1. The zero-order valence-electron chi connectivity index (χ0n) is 19.7. The molecule has 4 unspecified atom stereocenters. The summed E-state index contributed by atoms with van der Waals surface area (Å²) < 4.78 is 0. The average molecular weight is 441 g/mol. The number of nitrogens with one attached hydrogen (secondary N) is 4. The van der Waals surface area contributed by atoms with Gasteiger partial charge in [-0.15, -0.1) is 0 Å². The first-order valence-electron chi connectivity index (χ1n) is 11.3. The summed E-state index contributed by atoms with van der Waals surface area (Å²) in [6, 6.07) is -3.00. The van der Waals surface area contributed by atoms with Gasteiger partial charge in [0, 0.05) is 0 Å². The van der Waals surface area contributed by atoms with Crippen LogP contribution in [0.2, 0.25) is 0 Å². The Morgan fingerprint density at radius 2 is 1.42 bits per heavy atom. The predicted octanol–water partition coefficient (Wildman–Crippen LogP) is 1.03. The highest BCUT2D eigenvalue weighted by molar-refractivity contribution is 5.94. The largest absolute Gasteiger partial charge is 0.480 e. The highest BCUT2D eigenvalue weighted by Crippen LogP contribution is 2.11. The Kier molecular flexibility index (Phi) is 11.0. The first-order valence-corrected chi connectivity index (χ1v) is 11.3. The minimum atomic E-state index is -1.10. The number of hydrogen-bond acceptors (Lipinski definition) is 5. The van der Waals surface area contributed by atoms with Gasteiger partial charge in [-0.25, -0.2) is 4.79 Å². The number of carboxylic acids is 1. The quantitative estimate of drug-likeness (QED) is 0.307. The Morgan fingerprint density at radius 1 is 0.871 bits per heavy atom. The molecule has 1 rings (SSSR count). The molecule has 0 spiro atoms. The summed E-state index contributed by atoms with van der Waals surface area (Å²) in [5.74, 6) is -2.30. The van der Waals surface area contributed by atoms with Gasteiger partial charge in [0.2, 0.25) is 17.7 Å². The topological polar surface area (TPSA) is 137 Å². The van der Waals surface area contributed by atoms with Gasteiger partial charge < -0.3 is 26.4 Å². The van der Waals surface area contributed by atoms with E-state index in [2.05, 4.69) is 21.3 Å². The van der Waals surface area contributed by atoms with Crippen LogP contribution in [0.4, 0.5) is 0 Å². The fraction of sp³-hybridized carbons (Fsp3) is 0.818. The number of carbonyl (C=O) groups excluding carboxylic acids is 3. The van der Waals surface area contributed by atoms with Crippen LogP contribution in [-0.2, 0) is 19.2 Å². The molecule has 9 nitrogen and oxygen atoms in total. The molecule has 0 aromatic heterocycles. The van der Waals surface area contributed by atoms with Crippen LogP contribution in [0.15, 0.2) is 0 Å². The molecule has 3 amide bonds. The van der Waals surface area contributed by atoms with E-state index in [1.165, 1.54) is 0 Å². The monoisotopic (exact) mass is 440 g/mol. The fourth-order valence-corrected chi connectivity index (χ4v) is 3.63. The number of rotatable bonds is 12. The van der Waals surface area contributed by atoms with Gasteiger partial charge in [-0.2, -0.15) is 0 Å². The molecule has 9 heteroatoms. The molecule has 1 heterocycles. The lowest BCUT2D eigenvalue weighted by molar-refractivity contribution is -0.143. The van der Waals surface area contributed by atoms with E-state index in [1.54, 1.807) is 0 Å². The Labute approximate surface area is 185 Å². The third-order valence-corrected chi connectivity index (χ3v) is 5.29. The minimum Gasteiger partial charge on any atom is -0.480 e. The van der Waals surface area contributed by atoms with Gasteiger partial charge in [0.15, 0.2) is 0 Å². The van der Waals surface area contributed by atoms with E-state index >= 15 is 0 Å². The maximum Gasteiger partial charge on any atom is 0.326 e. The van der Waals surface area contributed by atoms with Gasteiger partial charge in [0.25, 0.3) is 0 Å². The third-order valence-electron chi connectivity index (χ3n) is 5.29. The average Bonchev–Trinajstić information content (AvgIpc) is 3.18. The van der Waals surface area contributed by atoms with Crippen LogP contribution in [0.5, 0.6) is 0 Å². The molecule has 0 aromatic carbocycles. The Hall–Kier alpha value is -2.16. The summed E-state index contributed by atoms with van der Waals surface area (Å²) in [6.45, 7) is 12.0. The van der Waals surface area contributed by atoms with E-state index in [1.807, 2.05) is 41.5 Å². The van der Waals surface area contributed by atoms with Gasteiger partial charge in [-0.3, -0.25) is 14.4 Å². The van der Waals surface area contributed by atoms with Crippen LogP contribution in [0, 0.1) is 17.8 Å². The molecule has 0 bridgehead atoms. The molecule has 1 saturated heterocycles. The van der Waals surface area contributed by atoms with Crippen molar-refractivity contribution in [2.24, 2.45) is 17.8 Å². The second-order valence-corrected chi connectivity index (χ2v) is 9.60. The van der Waals surface area contributed by atoms with Crippen LogP contribution in [0.3, 0.4) is 0 Å². The number of carbonyl (C=O) groups is 4.